The zero-order valence-corrected chi connectivity index (χ0v) is 16.1. The number of amides is 1. The summed E-state index contributed by atoms with van der Waals surface area (Å²) in [6.07, 6.45) is 6.78. The van der Waals surface area contributed by atoms with Crippen LogP contribution in [0.25, 0.3) is 11.0 Å². The molecule has 4 heterocycles. The van der Waals surface area contributed by atoms with Gasteiger partial charge in [-0.3, -0.25) is 19.7 Å². The van der Waals surface area contributed by atoms with E-state index in [1.165, 1.54) is 43.0 Å². The van der Waals surface area contributed by atoms with E-state index in [1.54, 1.807) is 18.3 Å². The predicted octanol–water partition coefficient (Wildman–Crippen LogP) is 2.25. The molecule has 0 aliphatic carbocycles. The predicted molar refractivity (Wildman–Crippen MR) is 104 cm³/mol. The highest BCUT2D eigenvalue weighted by Gasteiger charge is 2.19. The number of aromatic nitrogens is 3. The highest BCUT2D eigenvalue weighted by Crippen LogP contribution is 2.20. The van der Waals surface area contributed by atoms with Crippen LogP contribution in [0.3, 0.4) is 0 Å². The maximum absolute atomic E-state index is 12.7. The molecule has 10 heteroatoms. The third-order valence-corrected chi connectivity index (χ3v) is 5.94. The molecule has 0 aliphatic heterocycles. The summed E-state index contributed by atoms with van der Waals surface area (Å²) in [5.74, 6) is -0.286. The number of nitriles is 1. The number of fused-ring (bicyclic) bond motifs is 1. The SMILES string of the molecule is N#Cc1cncc(S(=O)(=O)c2ccc(CNC(=O)c3cc4ccncc4o3)nc2)c1. The van der Waals surface area contributed by atoms with Gasteiger partial charge in [-0.15, -0.1) is 0 Å². The van der Waals surface area contributed by atoms with Gasteiger partial charge in [0.1, 0.15) is 6.07 Å². The van der Waals surface area contributed by atoms with Crippen molar-refractivity contribution in [3.8, 4) is 6.07 Å². The summed E-state index contributed by atoms with van der Waals surface area (Å²) in [5.41, 5.74) is 1.11. The molecular formula is C20H13N5O4S. The van der Waals surface area contributed by atoms with Crippen molar-refractivity contribution in [2.75, 3.05) is 0 Å². The van der Waals surface area contributed by atoms with Gasteiger partial charge in [0, 0.05) is 30.2 Å². The lowest BCUT2D eigenvalue weighted by Crippen LogP contribution is -2.22. The summed E-state index contributed by atoms with van der Waals surface area (Å²) in [7, 11) is -3.86. The number of pyridine rings is 3. The molecule has 0 radical (unpaired) electrons. The lowest BCUT2D eigenvalue weighted by molar-refractivity contribution is 0.0925. The molecule has 0 bridgehead atoms. The number of nitrogens with zero attached hydrogens (tertiary/aromatic N) is 4. The molecule has 0 aliphatic rings. The third-order valence-electron chi connectivity index (χ3n) is 4.24. The molecule has 0 unspecified atom stereocenters. The van der Waals surface area contributed by atoms with Crippen molar-refractivity contribution >= 4 is 26.7 Å². The van der Waals surface area contributed by atoms with Crippen molar-refractivity contribution in [3.63, 3.8) is 0 Å². The fraction of sp³-hybridized carbons (Fsp3) is 0.0500. The zero-order valence-electron chi connectivity index (χ0n) is 15.3. The van der Waals surface area contributed by atoms with Crippen molar-refractivity contribution in [3.05, 3.63) is 78.3 Å². The Kier molecular flexibility index (Phi) is 4.95. The van der Waals surface area contributed by atoms with E-state index in [4.69, 9.17) is 9.68 Å². The molecule has 4 aromatic heterocycles. The van der Waals surface area contributed by atoms with Gasteiger partial charge in [-0.25, -0.2) is 8.42 Å². The first kappa shape index (κ1) is 19.2. The molecule has 4 aromatic rings. The highest BCUT2D eigenvalue weighted by molar-refractivity contribution is 7.91. The molecule has 0 saturated carbocycles. The average Bonchev–Trinajstić information content (AvgIpc) is 3.22. The fourth-order valence-corrected chi connectivity index (χ4v) is 3.88. The molecule has 0 fully saturated rings. The Balaban J connectivity index is 1.47. The van der Waals surface area contributed by atoms with E-state index in [9.17, 15) is 13.2 Å². The monoisotopic (exact) mass is 419 g/mol. The summed E-state index contributed by atoms with van der Waals surface area (Å²) >= 11 is 0. The maximum atomic E-state index is 12.7. The van der Waals surface area contributed by atoms with Gasteiger partial charge in [-0.05, 0) is 30.3 Å². The molecule has 4 rings (SSSR count). The molecule has 0 aromatic carbocycles. The van der Waals surface area contributed by atoms with Gasteiger partial charge >= 0.3 is 0 Å². The first-order chi connectivity index (χ1) is 14.5. The van der Waals surface area contributed by atoms with Gasteiger partial charge in [0.2, 0.25) is 9.84 Å². The van der Waals surface area contributed by atoms with Crippen LogP contribution in [0.5, 0.6) is 0 Å². The largest absolute Gasteiger partial charge is 0.449 e. The fourth-order valence-electron chi connectivity index (χ4n) is 2.69. The van der Waals surface area contributed by atoms with Crippen LogP contribution in [-0.2, 0) is 16.4 Å². The third kappa shape index (κ3) is 3.74. The lowest BCUT2D eigenvalue weighted by atomic mass is 10.3. The second-order valence-corrected chi connectivity index (χ2v) is 8.17. The number of carbonyl (C=O) groups excluding carboxylic acids is 1. The molecule has 0 saturated heterocycles. The van der Waals surface area contributed by atoms with Gasteiger partial charge in [-0.2, -0.15) is 5.26 Å². The van der Waals surface area contributed by atoms with Gasteiger partial charge in [0.15, 0.2) is 11.3 Å². The van der Waals surface area contributed by atoms with Crippen LogP contribution < -0.4 is 5.32 Å². The van der Waals surface area contributed by atoms with E-state index in [0.717, 1.165) is 5.39 Å². The number of nitrogens with one attached hydrogen (secondary N) is 1. The van der Waals surface area contributed by atoms with E-state index in [0.29, 0.717) is 11.3 Å². The van der Waals surface area contributed by atoms with Crippen molar-refractivity contribution < 1.29 is 17.6 Å². The average molecular weight is 419 g/mol. The maximum Gasteiger partial charge on any atom is 0.287 e. The Morgan fingerprint density at radius 3 is 2.67 bits per heavy atom. The molecular weight excluding hydrogens is 406 g/mol. The summed E-state index contributed by atoms with van der Waals surface area (Å²) < 4.78 is 30.8. The first-order valence-corrected chi connectivity index (χ1v) is 10.1. The molecule has 0 atom stereocenters. The highest BCUT2D eigenvalue weighted by atomic mass is 32.2. The molecule has 1 N–H and O–H groups in total. The number of furan rings is 1. The number of carbonyl (C=O) groups is 1. The van der Waals surface area contributed by atoms with E-state index in [2.05, 4.69) is 20.3 Å². The Hall–Kier alpha value is -4.10. The lowest BCUT2D eigenvalue weighted by Gasteiger charge is -2.06. The molecule has 148 valence electrons. The van der Waals surface area contributed by atoms with Crippen LogP contribution >= 0.6 is 0 Å². The molecule has 9 nitrogen and oxygen atoms in total. The number of sulfone groups is 1. The van der Waals surface area contributed by atoms with Crippen LogP contribution in [0.15, 0.2) is 75.5 Å². The minimum Gasteiger partial charge on any atom is -0.449 e. The van der Waals surface area contributed by atoms with E-state index in [-0.39, 0.29) is 27.7 Å². The Morgan fingerprint density at radius 2 is 1.93 bits per heavy atom. The summed E-state index contributed by atoms with van der Waals surface area (Å²) in [6.45, 7) is 0.0833. The zero-order chi connectivity index (χ0) is 21.1. The topological polar surface area (TPSA) is 139 Å². The van der Waals surface area contributed by atoms with Crippen LogP contribution in [0.1, 0.15) is 21.8 Å². The number of hydrogen-bond donors (Lipinski definition) is 1. The normalized spacial score (nSPS) is 11.2. The van der Waals surface area contributed by atoms with Crippen molar-refractivity contribution in [2.24, 2.45) is 0 Å². The van der Waals surface area contributed by atoms with E-state index in [1.807, 2.05) is 6.07 Å². The summed E-state index contributed by atoms with van der Waals surface area (Å²) in [6, 6.07) is 9.33. The van der Waals surface area contributed by atoms with E-state index < -0.39 is 15.7 Å². The van der Waals surface area contributed by atoms with Crippen molar-refractivity contribution in [1.82, 2.24) is 20.3 Å². The Labute approximate surface area is 171 Å². The minimum atomic E-state index is -3.86. The first-order valence-electron chi connectivity index (χ1n) is 8.64. The van der Waals surface area contributed by atoms with Crippen LogP contribution in [0.4, 0.5) is 0 Å². The molecule has 0 spiro atoms. The van der Waals surface area contributed by atoms with Crippen LogP contribution in [0.2, 0.25) is 0 Å². The van der Waals surface area contributed by atoms with Crippen LogP contribution in [0, 0.1) is 11.3 Å². The molecule has 30 heavy (non-hydrogen) atoms. The van der Waals surface area contributed by atoms with E-state index >= 15 is 0 Å². The van der Waals surface area contributed by atoms with Gasteiger partial charge in [0.25, 0.3) is 5.91 Å². The van der Waals surface area contributed by atoms with Crippen LogP contribution in [-0.4, -0.2) is 29.3 Å². The summed E-state index contributed by atoms with van der Waals surface area (Å²) in [5, 5.41) is 12.4. The van der Waals surface area contributed by atoms with Crippen molar-refractivity contribution in [1.29, 1.82) is 5.26 Å². The standard InChI is InChI=1S/C20H13N5O4S/c21-7-13-5-17(10-23-8-13)30(27,28)16-2-1-15(24-11-16)9-25-20(26)18-6-14-3-4-22-12-19(14)29-18/h1-6,8,10-12H,9H2,(H,25,26). The van der Waals surface area contributed by atoms with Gasteiger partial charge in [0.05, 0.1) is 33.8 Å². The molecule has 1 amide bonds. The second kappa shape index (κ2) is 7.73. The van der Waals surface area contributed by atoms with Gasteiger partial charge in [-0.1, -0.05) is 0 Å². The smallest absolute Gasteiger partial charge is 0.287 e. The Morgan fingerprint density at radius 1 is 1.07 bits per heavy atom. The number of rotatable bonds is 5. The quantitative estimate of drug-likeness (QED) is 0.520. The minimum absolute atomic E-state index is 0.0424. The van der Waals surface area contributed by atoms with Gasteiger partial charge < -0.3 is 9.73 Å². The van der Waals surface area contributed by atoms with Crippen molar-refractivity contribution in [2.45, 2.75) is 16.3 Å². The summed E-state index contributed by atoms with van der Waals surface area (Å²) in [4.78, 5) is 24.0. The Bertz CT molecular complexity index is 1360. The number of hydrogen-bond acceptors (Lipinski definition) is 8. The second-order valence-electron chi connectivity index (χ2n) is 6.22.